The normalized spacial score (nSPS) is 16.1. The van der Waals surface area contributed by atoms with Crippen molar-refractivity contribution in [3.63, 3.8) is 0 Å². The summed E-state index contributed by atoms with van der Waals surface area (Å²) >= 11 is 0. The van der Waals surface area contributed by atoms with E-state index in [2.05, 4.69) is 16.4 Å². The maximum atomic E-state index is 13.4. The molecule has 0 aliphatic carbocycles. The van der Waals surface area contributed by atoms with Crippen molar-refractivity contribution in [3.8, 4) is 17.3 Å². The predicted octanol–water partition coefficient (Wildman–Crippen LogP) is 4.00. The number of alkyl halides is 1. The maximum absolute atomic E-state index is 13.4. The van der Waals surface area contributed by atoms with Gasteiger partial charge < -0.3 is 11.1 Å². The second-order valence-electron chi connectivity index (χ2n) is 7.59. The van der Waals surface area contributed by atoms with Gasteiger partial charge in [-0.05, 0) is 42.3 Å². The molecule has 0 unspecified atom stereocenters. The summed E-state index contributed by atoms with van der Waals surface area (Å²) in [6.07, 6.45) is 1.49. The zero-order chi connectivity index (χ0) is 21.8. The monoisotopic (exact) mass is 415 g/mol. The molecule has 0 bridgehead atoms. The van der Waals surface area contributed by atoms with Gasteiger partial charge in [-0.3, -0.25) is 14.7 Å². The largest absolute Gasteiger partial charge is 0.397 e. The number of carbonyl (C=O) groups is 1. The van der Waals surface area contributed by atoms with Crippen LogP contribution in [-0.4, -0.2) is 35.1 Å². The summed E-state index contributed by atoms with van der Waals surface area (Å²) in [7, 11) is 0. The van der Waals surface area contributed by atoms with E-state index in [0.29, 0.717) is 54.3 Å². The van der Waals surface area contributed by atoms with Gasteiger partial charge in [0.2, 0.25) is 0 Å². The van der Waals surface area contributed by atoms with E-state index in [4.69, 9.17) is 5.73 Å². The van der Waals surface area contributed by atoms with Crippen molar-refractivity contribution in [2.24, 2.45) is 0 Å². The maximum Gasteiger partial charge on any atom is 0.255 e. The molecule has 0 spiro atoms. The van der Waals surface area contributed by atoms with Gasteiger partial charge in [0.1, 0.15) is 12.2 Å². The predicted molar refractivity (Wildman–Crippen MR) is 118 cm³/mol. The Bertz CT molecular complexity index is 1140. The van der Waals surface area contributed by atoms with Gasteiger partial charge in [-0.25, -0.2) is 4.39 Å². The minimum atomic E-state index is -0.781. The lowest BCUT2D eigenvalue weighted by Crippen LogP contribution is -2.20. The lowest BCUT2D eigenvalue weighted by molar-refractivity contribution is 0.102. The number of para-hydroxylation sites is 2. The lowest BCUT2D eigenvalue weighted by atomic mass is 10.0. The second kappa shape index (κ2) is 8.94. The van der Waals surface area contributed by atoms with E-state index in [1.807, 2.05) is 4.90 Å². The van der Waals surface area contributed by atoms with E-state index in [9.17, 15) is 14.4 Å². The number of anilines is 2. The number of nitrogens with two attached hydrogens (primary N) is 1. The zero-order valence-electron chi connectivity index (χ0n) is 16.9. The number of likely N-dealkylation sites (tertiary alicyclic amines) is 1. The fraction of sp³-hybridized carbons (Fsp3) is 0.208. The number of nitrogens with one attached hydrogen (secondary N) is 1. The summed E-state index contributed by atoms with van der Waals surface area (Å²) in [6, 6.07) is 18.0. The minimum absolute atomic E-state index is 0.273. The van der Waals surface area contributed by atoms with Crippen LogP contribution in [0.4, 0.5) is 15.8 Å². The number of aromatic nitrogens is 1. The molecule has 1 saturated heterocycles. The first-order valence-electron chi connectivity index (χ1n) is 10.0. The van der Waals surface area contributed by atoms with Crippen LogP contribution in [0.3, 0.4) is 0 Å². The SMILES string of the molecule is N#Cc1cc(CN2CC[C@@H](F)C2)cnc1-c1ccc(C(=O)Nc2ccccc2N)cc1. The standard InChI is InChI=1S/C24H22FN5O/c25-20-9-10-30(15-20)14-16-11-19(12-26)23(28-13-16)17-5-7-18(8-6-17)24(31)29-22-4-2-1-3-21(22)27/h1-8,11,13,20H,9-10,14-15,27H2,(H,29,31)/t20-/m1/s1. The summed E-state index contributed by atoms with van der Waals surface area (Å²) in [5, 5.41) is 12.4. The highest BCUT2D eigenvalue weighted by Crippen LogP contribution is 2.24. The highest BCUT2D eigenvalue weighted by molar-refractivity contribution is 6.05. The molecule has 0 radical (unpaired) electrons. The number of benzene rings is 2. The van der Waals surface area contributed by atoms with Crippen molar-refractivity contribution in [1.82, 2.24) is 9.88 Å². The van der Waals surface area contributed by atoms with Gasteiger partial charge in [0.25, 0.3) is 5.91 Å². The number of pyridine rings is 1. The van der Waals surface area contributed by atoms with Gasteiger partial charge in [0, 0.05) is 37.0 Å². The number of hydrogen-bond acceptors (Lipinski definition) is 5. The van der Waals surface area contributed by atoms with Gasteiger partial charge >= 0.3 is 0 Å². The Morgan fingerprint density at radius 1 is 1.26 bits per heavy atom. The van der Waals surface area contributed by atoms with Crippen LogP contribution in [-0.2, 0) is 6.54 Å². The minimum Gasteiger partial charge on any atom is -0.397 e. The third kappa shape index (κ3) is 4.71. The van der Waals surface area contributed by atoms with E-state index in [0.717, 1.165) is 11.1 Å². The molecule has 1 amide bonds. The fourth-order valence-corrected chi connectivity index (χ4v) is 3.68. The Kier molecular flexibility index (Phi) is 5.92. The summed E-state index contributed by atoms with van der Waals surface area (Å²) in [5.41, 5.74) is 10.0. The van der Waals surface area contributed by atoms with Crippen LogP contribution < -0.4 is 11.1 Å². The van der Waals surface area contributed by atoms with Crippen LogP contribution in [0, 0.1) is 11.3 Å². The Hall–Kier alpha value is -3.76. The zero-order valence-corrected chi connectivity index (χ0v) is 16.9. The van der Waals surface area contributed by atoms with Crippen molar-refractivity contribution >= 4 is 17.3 Å². The number of rotatable bonds is 5. The summed E-state index contributed by atoms with van der Waals surface area (Å²) in [6.45, 7) is 1.70. The second-order valence-corrected chi connectivity index (χ2v) is 7.59. The Balaban J connectivity index is 1.50. The molecule has 1 aliphatic heterocycles. The van der Waals surface area contributed by atoms with E-state index in [1.54, 1.807) is 60.8 Å². The van der Waals surface area contributed by atoms with Crippen molar-refractivity contribution < 1.29 is 9.18 Å². The molecular weight excluding hydrogens is 393 g/mol. The van der Waals surface area contributed by atoms with Crippen LogP contribution in [0.2, 0.25) is 0 Å². The molecule has 1 aromatic heterocycles. The molecule has 7 heteroatoms. The molecule has 3 aromatic rings. The van der Waals surface area contributed by atoms with E-state index >= 15 is 0 Å². The van der Waals surface area contributed by atoms with Crippen LogP contribution in [0.1, 0.15) is 27.9 Å². The molecule has 1 atom stereocenters. The first kappa shape index (κ1) is 20.5. The summed E-state index contributed by atoms with van der Waals surface area (Å²) in [5.74, 6) is -0.273. The lowest BCUT2D eigenvalue weighted by Gasteiger charge is -2.15. The average Bonchev–Trinajstić information content (AvgIpc) is 3.19. The average molecular weight is 415 g/mol. The molecule has 3 N–H and O–H groups in total. The third-order valence-electron chi connectivity index (χ3n) is 5.32. The third-order valence-corrected chi connectivity index (χ3v) is 5.32. The number of halogens is 1. The summed E-state index contributed by atoms with van der Waals surface area (Å²) < 4.78 is 13.4. The topological polar surface area (TPSA) is 95.0 Å². The van der Waals surface area contributed by atoms with Crippen LogP contribution in [0.15, 0.2) is 60.8 Å². The van der Waals surface area contributed by atoms with Crippen molar-refractivity contribution in [3.05, 3.63) is 77.5 Å². The molecule has 6 nitrogen and oxygen atoms in total. The quantitative estimate of drug-likeness (QED) is 0.614. The molecule has 156 valence electrons. The van der Waals surface area contributed by atoms with Gasteiger partial charge in [-0.2, -0.15) is 5.26 Å². The number of nitrogen functional groups attached to an aromatic ring is 1. The number of nitrogens with zero attached hydrogens (tertiary/aromatic N) is 3. The van der Waals surface area contributed by atoms with Crippen LogP contribution in [0.5, 0.6) is 0 Å². The molecule has 4 rings (SSSR count). The molecule has 2 heterocycles. The van der Waals surface area contributed by atoms with Gasteiger partial charge in [0.15, 0.2) is 0 Å². The van der Waals surface area contributed by atoms with Gasteiger partial charge in [-0.15, -0.1) is 0 Å². The van der Waals surface area contributed by atoms with E-state index < -0.39 is 6.17 Å². The number of nitriles is 1. The van der Waals surface area contributed by atoms with Crippen molar-refractivity contribution in [1.29, 1.82) is 5.26 Å². The molecule has 0 saturated carbocycles. The molecule has 1 fully saturated rings. The first-order chi connectivity index (χ1) is 15.0. The Morgan fingerprint density at radius 3 is 2.71 bits per heavy atom. The Morgan fingerprint density at radius 2 is 2.03 bits per heavy atom. The van der Waals surface area contributed by atoms with Gasteiger partial charge in [0.05, 0.1) is 22.6 Å². The fourth-order valence-electron chi connectivity index (χ4n) is 3.68. The molecule has 1 aliphatic rings. The summed E-state index contributed by atoms with van der Waals surface area (Å²) in [4.78, 5) is 19.0. The van der Waals surface area contributed by atoms with Crippen LogP contribution in [0.25, 0.3) is 11.3 Å². The van der Waals surface area contributed by atoms with Gasteiger partial charge in [-0.1, -0.05) is 24.3 Å². The Labute approximate surface area is 180 Å². The molecule has 2 aromatic carbocycles. The van der Waals surface area contributed by atoms with Crippen molar-refractivity contribution in [2.75, 3.05) is 24.1 Å². The highest BCUT2D eigenvalue weighted by atomic mass is 19.1. The van der Waals surface area contributed by atoms with E-state index in [-0.39, 0.29) is 5.91 Å². The molecular formula is C24H22FN5O. The number of amides is 1. The number of carbonyl (C=O) groups excluding carboxylic acids is 1. The smallest absolute Gasteiger partial charge is 0.255 e. The highest BCUT2D eigenvalue weighted by Gasteiger charge is 2.22. The first-order valence-corrected chi connectivity index (χ1v) is 10.0. The molecule has 31 heavy (non-hydrogen) atoms. The van der Waals surface area contributed by atoms with Crippen molar-refractivity contribution in [2.45, 2.75) is 19.1 Å². The number of hydrogen-bond donors (Lipinski definition) is 2. The van der Waals surface area contributed by atoms with E-state index in [1.165, 1.54) is 0 Å². The van der Waals surface area contributed by atoms with Crippen LogP contribution >= 0.6 is 0 Å².